The van der Waals surface area contributed by atoms with Crippen LogP contribution < -0.4 is 5.73 Å². The van der Waals surface area contributed by atoms with Crippen LogP contribution in [0.1, 0.15) is 58.3 Å². The van der Waals surface area contributed by atoms with Crippen molar-refractivity contribution in [2.45, 2.75) is 64.4 Å². The molecule has 2 heteroatoms. The van der Waals surface area contributed by atoms with Gasteiger partial charge >= 0.3 is 0 Å². The molecule has 2 nitrogen and oxygen atoms in total. The van der Waals surface area contributed by atoms with Crippen molar-refractivity contribution in [1.82, 2.24) is 0 Å². The third-order valence-electron chi connectivity index (χ3n) is 2.57. The molecule has 15 heavy (non-hydrogen) atoms. The van der Waals surface area contributed by atoms with Crippen LogP contribution in [0.5, 0.6) is 0 Å². The van der Waals surface area contributed by atoms with Gasteiger partial charge in [-0.3, -0.25) is 0 Å². The molecule has 0 aliphatic carbocycles. The van der Waals surface area contributed by atoms with E-state index in [2.05, 4.69) is 6.92 Å². The summed E-state index contributed by atoms with van der Waals surface area (Å²) < 4.78 is 0. The van der Waals surface area contributed by atoms with Crippen molar-refractivity contribution in [3.05, 3.63) is 12.2 Å². The van der Waals surface area contributed by atoms with Crippen LogP contribution in [0.2, 0.25) is 0 Å². The zero-order valence-corrected chi connectivity index (χ0v) is 10.1. The van der Waals surface area contributed by atoms with Gasteiger partial charge in [0, 0.05) is 6.54 Å². The number of aliphatic hydroxyl groups excluding tert-OH is 1. The topological polar surface area (TPSA) is 46.2 Å². The lowest BCUT2D eigenvalue weighted by atomic mass is 10.1. The molecule has 1 unspecified atom stereocenters. The second-order valence-electron chi connectivity index (χ2n) is 4.14. The van der Waals surface area contributed by atoms with Gasteiger partial charge in [-0.15, -0.1) is 0 Å². The number of allylic oxidation sites excluding steroid dienone is 1. The average molecular weight is 213 g/mol. The van der Waals surface area contributed by atoms with E-state index in [4.69, 9.17) is 10.8 Å². The van der Waals surface area contributed by atoms with E-state index >= 15 is 0 Å². The molecule has 0 radical (unpaired) electrons. The van der Waals surface area contributed by atoms with Crippen LogP contribution in [0, 0.1) is 0 Å². The minimum Gasteiger partial charge on any atom is -0.388 e. The Morgan fingerprint density at radius 2 is 1.67 bits per heavy atom. The second kappa shape index (κ2) is 11.7. The van der Waals surface area contributed by atoms with E-state index in [1.165, 1.54) is 44.9 Å². The molecule has 0 amide bonds. The molecule has 0 rings (SSSR count). The number of hydrogen-bond acceptors (Lipinski definition) is 2. The quantitative estimate of drug-likeness (QED) is 0.433. The van der Waals surface area contributed by atoms with Gasteiger partial charge in [0.1, 0.15) is 0 Å². The molecule has 0 aromatic carbocycles. The van der Waals surface area contributed by atoms with Crippen LogP contribution in [-0.4, -0.2) is 17.8 Å². The SMILES string of the molecule is CCCCCCCCC/C=C/C(O)CN. The Labute approximate surface area is 94.6 Å². The molecule has 0 aliphatic rings. The molecule has 0 fully saturated rings. The Balaban J connectivity index is 3.07. The van der Waals surface area contributed by atoms with Gasteiger partial charge in [0.05, 0.1) is 6.10 Å². The first-order valence-corrected chi connectivity index (χ1v) is 6.36. The van der Waals surface area contributed by atoms with Crippen LogP contribution in [-0.2, 0) is 0 Å². The molecule has 0 aromatic rings. The molecular weight excluding hydrogens is 186 g/mol. The molecule has 0 saturated heterocycles. The highest BCUT2D eigenvalue weighted by Crippen LogP contribution is 2.08. The maximum absolute atomic E-state index is 9.15. The minimum atomic E-state index is -0.449. The van der Waals surface area contributed by atoms with Crippen LogP contribution in [0.4, 0.5) is 0 Å². The Morgan fingerprint density at radius 3 is 2.27 bits per heavy atom. The van der Waals surface area contributed by atoms with Gasteiger partial charge in [0.25, 0.3) is 0 Å². The number of rotatable bonds is 10. The summed E-state index contributed by atoms with van der Waals surface area (Å²) in [6, 6.07) is 0. The lowest BCUT2D eigenvalue weighted by Crippen LogP contribution is -2.16. The molecule has 0 bridgehead atoms. The van der Waals surface area contributed by atoms with E-state index in [9.17, 15) is 0 Å². The monoisotopic (exact) mass is 213 g/mol. The van der Waals surface area contributed by atoms with Gasteiger partial charge in [-0.05, 0) is 12.8 Å². The molecular formula is C13H27NO. The highest BCUT2D eigenvalue weighted by atomic mass is 16.3. The van der Waals surface area contributed by atoms with Crippen molar-refractivity contribution >= 4 is 0 Å². The lowest BCUT2D eigenvalue weighted by molar-refractivity contribution is 0.231. The Kier molecular flexibility index (Phi) is 11.5. The zero-order valence-electron chi connectivity index (χ0n) is 10.1. The van der Waals surface area contributed by atoms with Gasteiger partial charge in [-0.2, -0.15) is 0 Å². The van der Waals surface area contributed by atoms with Gasteiger partial charge < -0.3 is 10.8 Å². The van der Waals surface area contributed by atoms with Crippen molar-refractivity contribution in [3.8, 4) is 0 Å². The van der Waals surface area contributed by atoms with E-state index in [-0.39, 0.29) is 0 Å². The van der Waals surface area contributed by atoms with Crippen LogP contribution >= 0.6 is 0 Å². The van der Waals surface area contributed by atoms with E-state index in [0.717, 1.165) is 6.42 Å². The maximum Gasteiger partial charge on any atom is 0.0843 e. The fourth-order valence-corrected chi connectivity index (χ4v) is 1.55. The summed E-state index contributed by atoms with van der Waals surface area (Å²) in [5, 5.41) is 9.15. The summed E-state index contributed by atoms with van der Waals surface area (Å²) in [4.78, 5) is 0. The predicted molar refractivity (Wildman–Crippen MR) is 66.8 cm³/mol. The fraction of sp³-hybridized carbons (Fsp3) is 0.846. The highest BCUT2D eigenvalue weighted by Gasteiger charge is 1.92. The molecule has 90 valence electrons. The molecule has 0 heterocycles. The summed E-state index contributed by atoms with van der Waals surface area (Å²) in [7, 11) is 0. The highest BCUT2D eigenvalue weighted by molar-refractivity contribution is 4.88. The molecule has 0 aromatic heterocycles. The first kappa shape index (κ1) is 14.7. The largest absolute Gasteiger partial charge is 0.388 e. The first-order chi connectivity index (χ1) is 7.31. The number of hydrogen-bond donors (Lipinski definition) is 2. The second-order valence-corrected chi connectivity index (χ2v) is 4.14. The van der Waals surface area contributed by atoms with Crippen LogP contribution in [0.25, 0.3) is 0 Å². The van der Waals surface area contributed by atoms with Crippen molar-refractivity contribution in [3.63, 3.8) is 0 Å². The van der Waals surface area contributed by atoms with Crippen molar-refractivity contribution in [2.75, 3.05) is 6.54 Å². The third kappa shape index (κ3) is 11.6. The third-order valence-corrected chi connectivity index (χ3v) is 2.57. The number of unbranched alkanes of at least 4 members (excludes halogenated alkanes) is 7. The van der Waals surface area contributed by atoms with E-state index in [1.54, 1.807) is 6.08 Å². The number of nitrogens with two attached hydrogens (primary N) is 1. The minimum absolute atomic E-state index is 0.327. The standard InChI is InChI=1S/C13H27NO/c1-2-3-4-5-6-7-8-9-10-11-13(15)12-14/h10-11,13,15H,2-9,12,14H2,1H3/b11-10+. The van der Waals surface area contributed by atoms with Crippen molar-refractivity contribution < 1.29 is 5.11 Å². The van der Waals surface area contributed by atoms with Gasteiger partial charge in [0.15, 0.2) is 0 Å². The van der Waals surface area contributed by atoms with Crippen LogP contribution in [0.3, 0.4) is 0 Å². The Bertz CT molecular complexity index is 145. The molecule has 0 spiro atoms. The number of aliphatic hydroxyl groups is 1. The van der Waals surface area contributed by atoms with Crippen molar-refractivity contribution in [2.24, 2.45) is 5.73 Å². The van der Waals surface area contributed by atoms with E-state index in [1.807, 2.05) is 6.08 Å². The van der Waals surface area contributed by atoms with Gasteiger partial charge in [0.2, 0.25) is 0 Å². The molecule has 1 atom stereocenters. The van der Waals surface area contributed by atoms with Crippen LogP contribution in [0.15, 0.2) is 12.2 Å². The maximum atomic E-state index is 9.15. The fourth-order valence-electron chi connectivity index (χ4n) is 1.55. The summed E-state index contributed by atoms with van der Waals surface area (Å²) in [6.45, 7) is 2.57. The zero-order chi connectivity index (χ0) is 11.4. The Morgan fingerprint density at radius 1 is 1.07 bits per heavy atom. The van der Waals surface area contributed by atoms with E-state index < -0.39 is 6.10 Å². The molecule has 0 aliphatic heterocycles. The summed E-state index contributed by atoms with van der Waals surface area (Å²) in [6.07, 6.45) is 13.8. The predicted octanol–water partition coefficient (Wildman–Crippen LogP) is 3.00. The smallest absolute Gasteiger partial charge is 0.0843 e. The summed E-state index contributed by atoms with van der Waals surface area (Å²) >= 11 is 0. The van der Waals surface area contributed by atoms with Crippen molar-refractivity contribution in [1.29, 1.82) is 0 Å². The average Bonchev–Trinajstić information content (AvgIpc) is 2.26. The normalized spacial score (nSPS) is 13.5. The summed E-state index contributed by atoms with van der Waals surface area (Å²) in [5.74, 6) is 0. The first-order valence-electron chi connectivity index (χ1n) is 6.36. The molecule has 0 saturated carbocycles. The van der Waals surface area contributed by atoms with Gasteiger partial charge in [-0.25, -0.2) is 0 Å². The summed E-state index contributed by atoms with van der Waals surface area (Å²) in [5.41, 5.74) is 5.28. The molecule has 3 N–H and O–H groups in total. The van der Waals surface area contributed by atoms with Gasteiger partial charge in [-0.1, -0.05) is 57.6 Å². The van der Waals surface area contributed by atoms with E-state index in [0.29, 0.717) is 6.54 Å². The Hall–Kier alpha value is -0.340. The lowest BCUT2D eigenvalue weighted by Gasteiger charge is -2.00.